The van der Waals surface area contributed by atoms with Crippen LogP contribution >= 0.6 is 0 Å². The van der Waals surface area contributed by atoms with Crippen LogP contribution in [0.25, 0.3) is 0 Å². The Labute approximate surface area is 165 Å². The van der Waals surface area contributed by atoms with E-state index in [9.17, 15) is 9.18 Å². The van der Waals surface area contributed by atoms with Gasteiger partial charge in [-0.2, -0.15) is 5.26 Å². The van der Waals surface area contributed by atoms with Crippen LogP contribution in [0.4, 0.5) is 10.1 Å². The molecule has 1 aliphatic heterocycles. The Hall–Kier alpha value is -2.91. The summed E-state index contributed by atoms with van der Waals surface area (Å²) in [4.78, 5) is 18.7. The standard InChI is InChI=1S/C22H25FN4O/c1-2-26(16-18-6-4-3-5-7-18)22(28)17-25-10-12-27(13-11-25)21-9-8-19(15-24)14-20(21)23/h3-9,14H,2,10-13,16-17H2,1H3. The molecule has 1 aliphatic rings. The van der Waals surface area contributed by atoms with Gasteiger partial charge >= 0.3 is 0 Å². The maximum Gasteiger partial charge on any atom is 0.237 e. The largest absolute Gasteiger partial charge is 0.367 e. The van der Waals surface area contributed by atoms with Crippen molar-refractivity contribution in [2.75, 3.05) is 44.2 Å². The summed E-state index contributed by atoms with van der Waals surface area (Å²) in [6.07, 6.45) is 0. The highest BCUT2D eigenvalue weighted by molar-refractivity contribution is 5.78. The molecule has 0 aromatic heterocycles. The molecule has 3 rings (SSSR count). The summed E-state index contributed by atoms with van der Waals surface area (Å²) < 4.78 is 14.2. The third kappa shape index (κ3) is 4.87. The Morgan fingerprint density at radius 2 is 1.86 bits per heavy atom. The predicted molar refractivity (Wildman–Crippen MR) is 107 cm³/mol. The SMILES string of the molecule is CCN(Cc1ccccc1)C(=O)CN1CCN(c2ccc(C#N)cc2F)CC1. The van der Waals surface area contributed by atoms with Gasteiger partial charge in [-0.1, -0.05) is 30.3 Å². The summed E-state index contributed by atoms with van der Waals surface area (Å²) >= 11 is 0. The van der Waals surface area contributed by atoms with Crippen molar-refractivity contribution in [3.63, 3.8) is 0 Å². The third-order valence-electron chi connectivity index (χ3n) is 5.10. The minimum absolute atomic E-state index is 0.115. The summed E-state index contributed by atoms with van der Waals surface area (Å²) in [5.41, 5.74) is 1.96. The van der Waals surface area contributed by atoms with Crippen LogP contribution in [0.2, 0.25) is 0 Å². The van der Waals surface area contributed by atoms with E-state index < -0.39 is 0 Å². The number of carbonyl (C=O) groups is 1. The fraction of sp³-hybridized carbons (Fsp3) is 0.364. The number of halogens is 1. The minimum Gasteiger partial charge on any atom is -0.367 e. The van der Waals surface area contributed by atoms with Crippen LogP contribution in [0.1, 0.15) is 18.1 Å². The molecule has 1 fully saturated rings. The molecule has 0 bridgehead atoms. The van der Waals surface area contributed by atoms with E-state index in [2.05, 4.69) is 4.90 Å². The topological polar surface area (TPSA) is 50.6 Å². The number of rotatable bonds is 6. The van der Waals surface area contributed by atoms with E-state index in [0.29, 0.717) is 57.1 Å². The number of nitrogens with zero attached hydrogens (tertiary/aromatic N) is 4. The molecule has 5 nitrogen and oxygen atoms in total. The summed E-state index contributed by atoms with van der Waals surface area (Å²) in [5, 5.41) is 8.87. The number of anilines is 1. The Bertz CT molecular complexity index is 841. The van der Waals surface area contributed by atoms with Crippen LogP contribution in [0.15, 0.2) is 48.5 Å². The number of benzene rings is 2. The monoisotopic (exact) mass is 380 g/mol. The van der Waals surface area contributed by atoms with Gasteiger partial charge in [0.1, 0.15) is 5.82 Å². The Morgan fingerprint density at radius 1 is 1.14 bits per heavy atom. The third-order valence-corrected chi connectivity index (χ3v) is 5.10. The molecule has 0 aliphatic carbocycles. The van der Waals surface area contributed by atoms with Gasteiger partial charge in [0.05, 0.1) is 23.9 Å². The molecule has 1 heterocycles. The molecule has 0 unspecified atom stereocenters. The molecule has 1 saturated heterocycles. The maximum atomic E-state index is 14.2. The zero-order valence-electron chi connectivity index (χ0n) is 16.1. The molecule has 6 heteroatoms. The number of likely N-dealkylation sites (N-methyl/N-ethyl adjacent to an activating group) is 1. The van der Waals surface area contributed by atoms with Crippen molar-refractivity contribution < 1.29 is 9.18 Å². The molecule has 0 atom stereocenters. The van der Waals surface area contributed by atoms with Crippen LogP contribution < -0.4 is 4.90 Å². The Balaban J connectivity index is 1.53. The smallest absolute Gasteiger partial charge is 0.237 e. The van der Waals surface area contributed by atoms with Gasteiger partial charge in [-0.3, -0.25) is 9.69 Å². The van der Waals surface area contributed by atoms with E-state index in [1.165, 1.54) is 6.07 Å². The summed E-state index contributed by atoms with van der Waals surface area (Å²) in [7, 11) is 0. The zero-order valence-corrected chi connectivity index (χ0v) is 16.1. The highest BCUT2D eigenvalue weighted by atomic mass is 19.1. The van der Waals surface area contributed by atoms with Crippen molar-refractivity contribution in [2.45, 2.75) is 13.5 Å². The number of amides is 1. The van der Waals surface area contributed by atoms with Crippen LogP contribution in [-0.4, -0.2) is 55.0 Å². The van der Waals surface area contributed by atoms with Crippen LogP contribution in [-0.2, 0) is 11.3 Å². The van der Waals surface area contributed by atoms with Gasteiger partial charge in [-0.15, -0.1) is 0 Å². The first-order valence-electron chi connectivity index (χ1n) is 9.59. The fourth-order valence-corrected chi connectivity index (χ4v) is 3.45. The van der Waals surface area contributed by atoms with Gasteiger partial charge in [0.2, 0.25) is 5.91 Å². The Kier molecular flexibility index (Phi) is 6.62. The molecule has 2 aromatic rings. The van der Waals surface area contributed by atoms with Gasteiger partial charge in [-0.25, -0.2) is 4.39 Å². The lowest BCUT2D eigenvalue weighted by atomic mass is 10.1. The fourth-order valence-electron chi connectivity index (χ4n) is 3.45. The number of hydrogen-bond acceptors (Lipinski definition) is 4. The van der Waals surface area contributed by atoms with Gasteiger partial charge in [-0.05, 0) is 30.7 Å². The Morgan fingerprint density at radius 3 is 2.46 bits per heavy atom. The average Bonchev–Trinajstić information content (AvgIpc) is 2.73. The second-order valence-corrected chi connectivity index (χ2v) is 6.93. The highest BCUT2D eigenvalue weighted by Gasteiger charge is 2.23. The average molecular weight is 380 g/mol. The van der Waals surface area contributed by atoms with E-state index in [-0.39, 0.29) is 11.7 Å². The summed E-state index contributed by atoms with van der Waals surface area (Å²) in [5.74, 6) is -0.257. The number of piperazine rings is 1. The van der Waals surface area contributed by atoms with E-state index in [1.54, 1.807) is 12.1 Å². The van der Waals surface area contributed by atoms with E-state index in [0.717, 1.165) is 5.56 Å². The summed E-state index contributed by atoms with van der Waals surface area (Å²) in [6, 6.07) is 16.5. The van der Waals surface area contributed by atoms with Crippen LogP contribution in [0.5, 0.6) is 0 Å². The van der Waals surface area contributed by atoms with Crippen LogP contribution in [0, 0.1) is 17.1 Å². The van der Waals surface area contributed by atoms with Crippen molar-refractivity contribution in [1.29, 1.82) is 5.26 Å². The predicted octanol–water partition coefficient (Wildman–Crippen LogP) is 2.87. The second kappa shape index (κ2) is 9.34. The second-order valence-electron chi connectivity index (χ2n) is 6.93. The normalized spacial score (nSPS) is 14.5. The molecule has 0 radical (unpaired) electrons. The van der Waals surface area contributed by atoms with Crippen molar-refractivity contribution in [1.82, 2.24) is 9.80 Å². The molecule has 0 spiro atoms. The quantitative estimate of drug-likeness (QED) is 0.773. The van der Waals surface area contributed by atoms with Crippen LogP contribution in [0.3, 0.4) is 0 Å². The van der Waals surface area contributed by atoms with E-state index in [1.807, 2.05) is 53.1 Å². The molecule has 1 amide bonds. The van der Waals surface area contributed by atoms with Crippen molar-refractivity contribution in [3.05, 3.63) is 65.5 Å². The van der Waals surface area contributed by atoms with Gasteiger partial charge in [0.15, 0.2) is 0 Å². The molecule has 0 N–H and O–H groups in total. The van der Waals surface area contributed by atoms with Crippen molar-refractivity contribution in [2.24, 2.45) is 0 Å². The van der Waals surface area contributed by atoms with Gasteiger partial charge in [0, 0.05) is 39.3 Å². The van der Waals surface area contributed by atoms with Crippen molar-refractivity contribution >= 4 is 11.6 Å². The first-order valence-corrected chi connectivity index (χ1v) is 9.59. The zero-order chi connectivity index (χ0) is 19.9. The molecular formula is C22H25FN4O. The van der Waals surface area contributed by atoms with Gasteiger partial charge in [0.25, 0.3) is 0 Å². The first-order chi connectivity index (χ1) is 13.6. The molecule has 146 valence electrons. The van der Waals surface area contributed by atoms with Gasteiger partial charge < -0.3 is 9.80 Å². The minimum atomic E-state index is -0.372. The maximum absolute atomic E-state index is 14.2. The van der Waals surface area contributed by atoms with E-state index in [4.69, 9.17) is 5.26 Å². The number of hydrogen-bond donors (Lipinski definition) is 0. The lowest BCUT2D eigenvalue weighted by Gasteiger charge is -2.36. The molecular weight excluding hydrogens is 355 g/mol. The lowest BCUT2D eigenvalue weighted by Crippen LogP contribution is -2.50. The lowest BCUT2D eigenvalue weighted by molar-refractivity contribution is -0.132. The number of carbonyl (C=O) groups excluding carboxylic acids is 1. The molecule has 28 heavy (non-hydrogen) atoms. The van der Waals surface area contributed by atoms with Crippen molar-refractivity contribution in [3.8, 4) is 6.07 Å². The first kappa shape index (κ1) is 19.8. The molecule has 2 aromatic carbocycles. The highest BCUT2D eigenvalue weighted by Crippen LogP contribution is 2.22. The summed E-state index contributed by atoms with van der Waals surface area (Å²) in [6.45, 7) is 6.37. The molecule has 0 saturated carbocycles. The number of nitriles is 1. The van der Waals surface area contributed by atoms with E-state index >= 15 is 0 Å².